The molecule has 11 heteroatoms. The van der Waals surface area contributed by atoms with E-state index >= 15 is 0 Å². The number of hydrogen-bond donors (Lipinski definition) is 4. The number of pyridine rings is 1. The molecule has 2 aromatic heterocycles. The SMILES string of the molecule is Cc1cc2ccc1[C@@H](C)COC(=O)Nc1ccc(C3(c4ncn[nH]4)CC3)c(c1)CN(C)C(=O)[C@@H]2Nc1ccc2c(N)nccc2c1. The normalized spacial score (nSPS) is 19.5. The molecule has 5 N–H and O–H groups in total. The van der Waals surface area contributed by atoms with Crippen molar-refractivity contribution in [2.75, 3.05) is 30.0 Å². The molecule has 1 saturated carbocycles. The molecule has 3 aliphatic rings. The Hall–Kier alpha value is -5.45. The molecule has 234 valence electrons. The topological polar surface area (TPSA) is 151 Å². The summed E-state index contributed by atoms with van der Waals surface area (Å²) >= 11 is 0. The Morgan fingerprint density at radius 3 is 2.65 bits per heavy atom. The van der Waals surface area contributed by atoms with Crippen LogP contribution in [0.25, 0.3) is 10.8 Å². The average Bonchev–Trinajstić information content (AvgIpc) is 3.65. The first kappa shape index (κ1) is 29.3. The number of likely N-dealkylation sites (N-methyl/N-ethyl adjacent to an activating group) is 1. The Bertz CT molecular complexity index is 1950. The zero-order chi connectivity index (χ0) is 32.0. The maximum absolute atomic E-state index is 14.5. The maximum Gasteiger partial charge on any atom is 0.411 e. The molecule has 2 aliphatic heterocycles. The fourth-order valence-corrected chi connectivity index (χ4v) is 6.64. The number of benzene rings is 3. The largest absolute Gasteiger partial charge is 0.449 e. The highest BCUT2D eigenvalue weighted by Crippen LogP contribution is 2.53. The van der Waals surface area contributed by atoms with E-state index < -0.39 is 12.1 Å². The van der Waals surface area contributed by atoms with Crippen LogP contribution in [0.1, 0.15) is 65.4 Å². The van der Waals surface area contributed by atoms with Crippen LogP contribution >= 0.6 is 0 Å². The van der Waals surface area contributed by atoms with Crippen LogP contribution in [-0.2, 0) is 21.5 Å². The summed E-state index contributed by atoms with van der Waals surface area (Å²) < 4.78 is 5.65. The van der Waals surface area contributed by atoms with E-state index in [9.17, 15) is 9.59 Å². The number of carbonyl (C=O) groups excluding carboxylic acids is 2. The molecule has 2 atom stereocenters. The van der Waals surface area contributed by atoms with Gasteiger partial charge in [0.05, 0.1) is 12.0 Å². The van der Waals surface area contributed by atoms with Crippen molar-refractivity contribution in [1.82, 2.24) is 25.1 Å². The first-order valence-corrected chi connectivity index (χ1v) is 15.4. The lowest BCUT2D eigenvalue weighted by Gasteiger charge is -2.29. The van der Waals surface area contributed by atoms with Crippen LogP contribution in [0.3, 0.4) is 0 Å². The first-order valence-electron chi connectivity index (χ1n) is 15.4. The van der Waals surface area contributed by atoms with Crippen LogP contribution in [0.2, 0.25) is 0 Å². The Morgan fingerprint density at radius 1 is 1.04 bits per heavy atom. The molecule has 4 bridgehead atoms. The Morgan fingerprint density at radius 2 is 1.89 bits per heavy atom. The molecular weight excluding hydrogens is 580 g/mol. The quantitative estimate of drug-likeness (QED) is 0.198. The number of nitrogens with one attached hydrogen (secondary N) is 3. The lowest BCUT2D eigenvalue weighted by Crippen LogP contribution is -2.35. The fourth-order valence-electron chi connectivity index (χ4n) is 6.64. The van der Waals surface area contributed by atoms with Crippen molar-refractivity contribution in [3.05, 3.63) is 107 Å². The summed E-state index contributed by atoms with van der Waals surface area (Å²) in [5, 5.41) is 15.3. The summed E-state index contributed by atoms with van der Waals surface area (Å²) in [4.78, 5) is 37.7. The minimum Gasteiger partial charge on any atom is -0.449 e. The maximum atomic E-state index is 14.5. The number of aromatic amines is 1. The number of hydrogen-bond acceptors (Lipinski definition) is 8. The molecule has 46 heavy (non-hydrogen) atoms. The number of nitrogens with two attached hydrogens (primary N) is 1. The summed E-state index contributed by atoms with van der Waals surface area (Å²) in [7, 11) is 1.81. The predicted molar refractivity (Wildman–Crippen MR) is 176 cm³/mol. The van der Waals surface area contributed by atoms with Gasteiger partial charge in [-0.15, -0.1) is 0 Å². The molecule has 0 radical (unpaired) electrons. The van der Waals surface area contributed by atoms with Gasteiger partial charge in [0, 0.05) is 42.5 Å². The summed E-state index contributed by atoms with van der Waals surface area (Å²) in [6.07, 6.45) is 4.47. The van der Waals surface area contributed by atoms with Crippen LogP contribution in [0, 0.1) is 6.92 Å². The Balaban J connectivity index is 1.30. The fraction of sp³-hybridized carbons (Fsp3) is 0.286. The van der Waals surface area contributed by atoms with Gasteiger partial charge < -0.3 is 20.7 Å². The molecule has 1 aliphatic carbocycles. The number of nitrogens with zero attached hydrogens (tertiary/aromatic N) is 4. The summed E-state index contributed by atoms with van der Waals surface area (Å²) in [5.41, 5.74) is 12.0. The summed E-state index contributed by atoms with van der Waals surface area (Å²) in [6.45, 7) is 4.56. The van der Waals surface area contributed by atoms with Gasteiger partial charge in [-0.05, 0) is 89.4 Å². The van der Waals surface area contributed by atoms with Crippen molar-refractivity contribution in [3.63, 3.8) is 0 Å². The standard InChI is InChI=1S/C35H36N8O3/c1-20-14-23-4-7-27(20)21(2)18-46-34(45)41-26-6-9-29(35(11-12-35)33-38-19-39-42-33)24(16-26)17-43(3)32(44)30(23)40-25-5-8-28-22(15-25)10-13-37-31(28)36/h4-10,13-16,19,21,30,40H,11-12,17-18H2,1-3H3,(H2,36,37)(H,41,45)(H,38,39,42)/t21-,30+/m0/s1. The number of carbonyl (C=O) groups is 2. The van der Waals surface area contributed by atoms with Crippen molar-refractivity contribution in [3.8, 4) is 0 Å². The van der Waals surface area contributed by atoms with Gasteiger partial charge >= 0.3 is 6.09 Å². The number of anilines is 3. The molecule has 3 aromatic carbocycles. The number of fused-ring (bicyclic) bond motifs is 10. The molecule has 1 fully saturated rings. The minimum atomic E-state index is -0.677. The van der Waals surface area contributed by atoms with Crippen molar-refractivity contribution in [2.24, 2.45) is 0 Å². The third kappa shape index (κ3) is 5.38. The summed E-state index contributed by atoms with van der Waals surface area (Å²) in [5.74, 6) is 1.10. The second kappa shape index (κ2) is 11.5. The first-order chi connectivity index (χ1) is 22.2. The number of H-pyrrole nitrogens is 1. The molecular formula is C35H36N8O3. The highest BCUT2D eigenvalue weighted by Gasteiger charge is 2.50. The molecule has 5 aromatic rings. The molecule has 0 saturated heterocycles. The number of aromatic nitrogens is 4. The molecule has 11 nitrogen and oxygen atoms in total. The molecule has 4 heterocycles. The number of aryl methyl sites for hydroxylation is 1. The highest BCUT2D eigenvalue weighted by molar-refractivity contribution is 5.94. The van der Waals surface area contributed by atoms with Crippen molar-refractivity contribution >= 4 is 40.0 Å². The average molecular weight is 617 g/mol. The van der Waals surface area contributed by atoms with Crippen LogP contribution < -0.4 is 16.4 Å². The third-order valence-corrected chi connectivity index (χ3v) is 9.24. The van der Waals surface area contributed by atoms with Crippen LogP contribution in [0.5, 0.6) is 0 Å². The van der Waals surface area contributed by atoms with Crippen molar-refractivity contribution < 1.29 is 14.3 Å². The van der Waals surface area contributed by atoms with Gasteiger partial charge in [-0.25, -0.2) is 14.8 Å². The predicted octanol–water partition coefficient (Wildman–Crippen LogP) is 5.80. The van der Waals surface area contributed by atoms with Crippen LogP contribution in [-0.4, -0.2) is 50.7 Å². The number of ether oxygens (including phenoxy) is 1. The van der Waals surface area contributed by atoms with E-state index in [1.807, 2.05) is 81.6 Å². The highest BCUT2D eigenvalue weighted by atomic mass is 16.5. The van der Waals surface area contributed by atoms with Gasteiger partial charge in [-0.2, -0.15) is 5.10 Å². The van der Waals surface area contributed by atoms with E-state index in [0.717, 1.165) is 62.9 Å². The van der Waals surface area contributed by atoms with Crippen molar-refractivity contribution in [1.29, 1.82) is 0 Å². The summed E-state index contributed by atoms with van der Waals surface area (Å²) in [6, 6.07) is 18.9. The zero-order valence-electron chi connectivity index (χ0n) is 26.0. The van der Waals surface area contributed by atoms with Crippen molar-refractivity contribution in [2.45, 2.75) is 50.6 Å². The van der Waals surface area contributed by atoms with Crippen LogP contribution in [0.15, 0.2) is 73.2 Å². The van der Waals surface area contributed by atoms with E-state index in [4.69, 9.17) is 10.5 Å². The molecule has 0 spiro atoms. The molecule has 2 amide bonds. The second-order valence-electron chi connectivity index (χ2n) is 12.4. The van der Waals surface area contributed by atoms with E-state index in [2.05, 4.69) is 30.8 Å². The second-order valence-corrected chi connectivity index (χ2v) is 12.4. The molecule has 0 unspecified atom stereocenters. The smallest absolute Gasteiger partial charge is 0.411 e. The Kier molecular flexibility index (Phi) is 7.31. The van der Waals surface area contributed by atoms with E-state index in [1.165, 1.54) is 6.33 Å². The van der Waals surface area contributed by atoms with Gasteiger partial charge in [0.2, 0.25) is 5.91 Å². The molecule has 8 rings (SSSR count). The number of nitrogen functional groups attached to an aromatic ring is 1. The van der Waals surface area contributed by atoms with E-state index in [1.54, 1.807) is 11.1 Å². The minimum absolute atomic E-state index is 0.0494. The van der Waals surface area contributed by atoms with Gasteiger partial charge in [-0.3, -0.25) is 15.2 Å². The monoisotopic (exact) mass is 616 g/mol. The lowest BCUT2D eigenvalue weighted by molar-refractivity contribution is -0.131. The third-order valence-electron chi connectivity index (χ3n) is 9.24. The van der Waals surface area contributed by atoms with Gasteiger partial charge in [0.25, 0.3) is 0 Å². The zero-order valence-corrected chi connectivity index (χ0v) is 26.0. The van der Waals surface area contributed by atoms with Gasteiger partial charge in [0.1, 0.15) is 24.0 Å². The van der Waals surface area contributed by atoms with Crippen LogP contribution in [0.4, 0.5) is 22.0 Å². The lowest BCUT2D eigenvalue weighted by atomic mass is 9.89. The van der Waals surface area contributed by atoms with Gasteiger partial charge in [-0.1, -0.05) is 31.2 Å². The Labute approximate surface area is 266 Å². The van der Waals surface area contributed by atoms with E-state index in [0.29, 0.717) is 18.1 Å². The van der Waals surface area contributed by atoms with E-state index in [-0.39, 0.29) is 23.8 Å². The number of rotatable bonds is 4. The van der Waals surface area contributed by atoms with Gasteiger partial charge in [0.15, 0.2) is 0 Å². The number of amides is 2.